The third-order valence-electron chi connectivity index (χ3n) is 2.66. The molecule has 0 saturated heterocycles. The van der Waals surface area contributed by atoms with Gasteiger partial charge in [0.1, 0.15) is 12.1 Å². The van der Waals surface area contributed by atoms with Gasteiger partial charge in [-0.25, -0.2) is 0 Å². The van der Waals surface area contributed by atoms with E-state index in [0.717, 1.165) is 0 Å². The molecule has 0 saturated carbocycles. The van der Waals surface area contributed by atoms with E-state index in [1.165, 1.54) is 6.07 Å². The van der Waals surface area contributed by atoms with Crippen molar-refractivity contribution in [3.63, 3.8) is 0 Å². The maximum absolute atomic E-state index is 12.4. The summed E-state index contributed by atoms with van der Waals surface area (Å²) < 4.78 is 42.4. The molecule has 0 aliphatic heterocycles. The number of aliphatic hydroxyl groups is 1. The van der Waals surface area contributed by atoms with E-state index < -0.39 is 31.8 Å². The van der Waals surface area contributed by atoms with Gasteiger partial charge < -0.3 is 14.4 Å². The van der Waals surface area contributed by atoms with Crippen molar-refractivity contribution >= 4 is 16.9 Å². The Morgan fingerprint density at radius 1 is 1.30 bits per heavy atom. The second-order valence-corrected chi connectivity index (χ2v) is 4.21. The zero-order valence-electron chi connectivity index (χ0n) is 10.4. The highest BCUT2D eigenvalue weighted by atomic mass is 19.4. The van der Waals surface area contributed by atoms with Crippen LogP contribution in [-0.2, 0) is 0 Å². The summed E-state index contributed by atoms with van der Waals surface area (Å²) in [5, 5.41) is 9.41. The lowest BCUT2D eigenvalue weighted by Gasteiger charge is -2.21. The summed E-state index contributed by atoms with van der Waals surface area (Å²) in [6.45, 7) is -2.39. The lowest BCUT2D eigenvalue weighted by atomic mass is 10.2. The van der Waals surface area contributed by atoms with E-state index in [4.69, 9.17) is 9.52 Å². The van der Waals surface area contributed by atoms with Crippen LogP contribution in [0, 0.1) is 0 Å². The van der Waals surface area contributed by atoms with Crippen LogP contribution in [0.3, 0.4) is 0 Å². The minimum Gasteiger partial charge on any atom is -0.451 e. The molecule has 1 amide bonds. The SMILES string of the molecule is O=C(c1cc2ccccc2o1)N(CCO)CC(F)(F)F. The number of carbonyl (C=O) groups excluding carboxylic acids is 1. The van der Waals surface area contributed by atoms with Crippen LogP contribution in [-0.4, -0.2) is 41.8 Å². The van der Waals surface area contributed by atoms with Crippen LogP contribution in [0.4, 0.5) is 13.2 Å². The van der Waals surface area contributed by atoms with Gasteiger partial charge in [0, 0.05) is 11.9 Å². The summed E-state index contributed by atoms with van der Waals surface area (Å²) in [6, 6.07) is 8.12. The smallest absolute Gasteiger partial charge is 0.406 e. The van der Waals surface area contributed by atoms with E-state index in [9.17, 15) is 18.0 Å². The highest BCUT2D eigenvalue weighted by Crippen LogP contribution is 2.22. The number of fused-ring (bicyclic) bond motifs is 1. The Kier molecular flexibility index (Phi) is 3.99. The number of alkyl halides is 3. The van der Waals surface area contributed by atoms with Crippen molar-refractivity contribution in [3.8, 4) is 0 Å². The molecule has 0 aliphatic carbocycles. The van der Waals surface area contributed by atoms with Crippen molar-refractivity contribution in [1.29, 1.82) is 0 Å². The Morgan fingerprint density at radius 2 is 2.00 bits per heavy atom. The maximum Gasteiger partial charge on any atom is 0.406 e. The fourth-order valence-corrected chi connectivity index (χ4v) is 1.83. The molecule has 0 unspecified atom stereocenters. The van der Waals surface area contributed by atoms with E-state index in [1.54, 1.807) is 24.3 Å². The van der Waals surface area contributed by atoms with Gasteiger partial charge in [0.25, 0.3) is 5.91 Å². The summed E-state index contributed by atoms with van der Waals surface area (Å²) in [6.07, 6.45) is -4.53. The first-order valence-electron chi connectivity index (χ1n) is 5.86. The first kappa shape index (κ1) is 14.4. The molecule has 0 radical (unpaired) electrons. The molecule has 0 atom stereocenters. The zero-order chi connectivity index (χ0) is 14.8. The van der Waals surface area contributed by atoms with Gasteiger partial charge in [-0.05, 0) is 12.1 Å². The Labute approximate surface area is 112 Å². The minimum absolute atomic E-state index is 0.177. The Morgan fingerprint density at radius 3 is 2.60 bits per heavy atom. The van der Waals surface area contributed by atoms with Crippen LogP contribution < -0.4 is 0 Å². The summed E-state index contributed by atoms with van der Waals surface area (Å²) in [5.74, 6) is -1.07. The van der Waals surface area contributed by atoms with E-state index in [2.05, 4.69) is 0 Å². The lowest BCUT2D eigenvalue weighted by molar-refractivity contribution is -0.141. The maximum atomic E-state index is 12.4. The average Bonchev–Trinajstić information content (AvgIpc) is 2.79. The molecule has 0 fully saturated rings. The van der Waals surface area contributed by atoms with E-state index in [0.29, 0.717) is 15.9 Å². The monoisotopic (exact) mass is 287 g/mol. The van der Waals surface area contributed by atoms with Crippen LogP contribution in [0.5, 0.6) is 0 Å². The zero-order valence-corrected chi connectivity index (χ0v) is 10.4. The van der Waals surface area contributed by atoms with Gasteiger partial charge >= 0.3 is 6.18 Å². The van der Waals surface area contributed by atoms with Crippen molar-refractivity contribution in [2.24, 2.45) is 0 Å². The number of nitrogens with zero attached hydrogens (tertiary/aromatic N) is 1. The molecule has 0 bridgehead atoms. The number of para-hydroxylation sites is 1. The van der Waals surface area contributed by atoms with Crippen LogP contribution in [0.25, 0.3) is 11.0 Å². The number of rotatable bonds is 4. The predicted octanol–water partition coefficient (Wildman–Crippen LogP) is 2.43. The second kappa shape index (κ2) is 5.54. The summed E-state index contributed by atoms with van der Waals surface area (Å²) in [7, 11) is 0. The van der Waals surface area contributed by atoms with Crippen molar-refractivity contribution < 1.29 is 27.5 Å². The highest BCUT2D eigenvalue weighted by Gasteiger charge is 2.34. The van der Waals surface area contributed by atoms with Crippen LogP contribution in [0.2, 0.25) is 0 Å². The van der Waals surface area contributed by atoms with E-state index >= 15 is 0 Å². The number of aliphatic hydroxyl groups excluding tert-OH is 1. The Balaban J connectivity index is 2.26. The molecule has 0 aliphatic rings. The lowest BCUT2D eigenvalue weighted by Crippen LogP contribution is -2.40. The number of benzene rings is 1. The molecule has 1 aromatic heterocycles. The molecule has 1 heterocycles. The molecule has 20 heavy (non-hydrogen) atoms. The number of carbonyl (C=O) groups is 1. The van der Waals surface area contributed by atoms with Crippen LogP contribution in [0.15, 0.2) is 34.7 Å². The third kappa shape index (κ3) is 3.30. The first-order valence-corrected chi connectivity index (χ1v) is 5.86. The van der Waals surface area contributed by atoms with Gasteiger partial charge in [0.05, 0.1) is 6.61 Å². The summed E-state index contributed by atoms with van der Waals surface area (Å²) >= 11 is 0. The molecule has 2 rings (SSSR count). The van der Waals surface area contributed by atoms with E-state index in [1.807, 2.05) is 0 Å². The quantitative estimate of drug-likeness (QED) is 0.939. The Hall–Kier alpha value is -2.02. The molecule has 108 valence electrons. The molecular weight excluding hydrogens is 275 g/mol. The van der Waals surface area contributed by atoms with Gasteiger partial charge in [0.15, 0.2) is 5.76 Å². The highest BCUT2D eigenvalue weighted by molar-refractivity contribution is 5.96. The fraction of sp³-hybridized carbons (Fsp3) is 0.308. The molecule has 1 aromatic carbocycles. The van der Waals surface area contributed by atoms with Gasteiger partial charge in [-0.1, -0.05) is 18.2 Å². The molecular formula is C13H12F3NO3. The largest absolute Gasteiger partial charge is 0.451 e. The second-order valence-electron chi connectivity index (χ2n) is 4.21. The first-order chi connectivity index (χ1) is 9.40. The number of hydrogen-bond acceptors (Lipinski definition) is 3. The standard InChI is InChI=1S/C13H12F3NO3/c14-13(15,16)8-17(5-6-18)12(19)11-7-9-3-1-2-4-10(9)20-11/h1-4,7,18H,5-6,8H2. The predicted molar refractivity (Wildman–Crippen MR) is 65.3 cm³/mol. The topological polar surface area (TPSA) is 53.7 Å². The van der Waals surface area contributed by atoms with Crippen molar-refractivity contribution in [3.05, 3.63) is 36.1 Å². The van der Waals surface area contributed by atoms with E-state index in [-0.39, 0.29) is 5.76 Å². The summed E-state index contributed by atoms with van der Waals surface area (Å²) in [5.41, 5.74) is 0.423. The number of furan rings is 1. The number of amides is 1. The summed E-state index contributed by atoms with van der Waals surface area (Å²) in [4.78, 5) is 12.5. The average molecular weight is 287 g/mol. The number of halogens is 3. The third-order valence-corrected chi connectivity index (χ3v) is 2.66. The molecule has 4 nitrogen and oxygen atoms in total. The molecule has 7 heteroatoms. The van der Waals surface area contributed by atoms with Gasteiger partial charge in [-0.2, -0.15) is 13.2 Å². The van der Waals surface area contributed by atoms with Crippen molar-refractivity contribution in [1.82, 2.24) is 4.90 Å². The minimum atomic E-state index is -4.53. The van der Waals surface area contributed by atoms with Crippen LogP contribution >= 0.6 is 0 Å². The van der Waals surface area contributed by atoms with Gasteiger partial charge in [-0.3, -0.25) is 4.79 Å². The Bertz CT molecular complexity index is 573. The van der Waals surface area contributed by atoms with Crippen LogP contribution in [0.1, 0.15) is 10.6 Å². The van der Waals surface area contributed by atoms with Gasteiger partial charge in [-0.15, -0.1) is 0 Å². The molecule has 2 aromatic rings. The number of hydrogen-bond donors (Lipinski definition) is 1. The fourth-order valence-electron chi connectivity index (χ4n) is 1.83. The molecule has 1 N–H and O–H groups in total. The van der Waals surface area contributed by atoms with Crippen molar-refractivity contribution in [2.45, 2.75) is 6.18 Å². The molecule has 0 spiro atoms. The normalized spacial score (nSPS) is 11.8. The van der Waals surface area contributed by atoms with Gasteiger partial charge in [0.2, 0.25) is 0 Å². The van der Waals surface area contributed by atoms with Crippen molar-refractivity contribution in [2.75, 3.05) is 19.7 Å².